The lowest BCUT2D eigenvalue weighted by Gasteiger charge is -2.17. The quantitative estimate of drug-likeness (QED) is 0.568. The summed E-state index contributed by atoms with van der Waals surface area (Å²) >= 11 is 0. The molecule has 0 spiro atoms. The highest BCUT2D eigenvalue weighted by Crippen LogP contribution is 2.17. The zero-order valence-electron chi connectivity index (χ0n) is 11.1. The van der Waals surface area contributed by atoms with Crippen molar-refractivity contribution in [1.29, 1.82) is 0 Å². The number of rotatable bonds is 8. The van der Waals surface area contributed by atoms with Crippen molar-refractivity contribution < 1.29 is 4.39 Å². The Balaban J connectivity index is 1.95. The third-order valence-electron chi connectivity index (χ3n) is 3.70. The summed E-state index contributed by atoms with van der Waals surface area (Å²) in [5.41, 5.74) is 0. The van der Waals surface area contributed by atoms with Gasteiger partial charge in [0, 0.05) is 13.1 Å². The molecule has 0 amide bonds. The van der Waals surface area contributed by atoms with Crippen LogP contribution in [0.3, 0.4) is 0 Å². The molecule has 2 atom stereocenters. The monoisotopic (exact) mass is 229 g/mol. The van der Waals surface area contributed by atoms with E-state index in [2.05, 4.69) is 18.7 Å². The normalized spacial score (nSPS) is 23.8. The first kappa shape index (κ1) is 14.0. The first-order chi connectivity index (χ1) is 7.72. The molecule has 1 saturated heterocycles. The van der Waals surface area contributed by atoms with Crippen molar-refractivity contribution in [2.75, 3.05) is 19.6 Å². The molecule has 2 unspecified atom stereocenters. The van der Waals surface area contributed by atoms with Crippen molar-refractivity contribution in [3.63, 3.8) is 0 Å². The molecular weight excluding hydrogens is 201 g/mol. The van der Waals surface area contributed by atoms with Crippen molar-refractivity contribution in [3.8, 4) is 0 Å². The second-order valence-corrected chi connectivity index (χ2v) is 5.43. The highest BCUT2D eigenvalue weighted by Gasteiger charge is 2.21. The van der Waals surface area contributed by atoms with E-state index in [4.69, 9.17) is 0 Å². The molecule has 1 rings (SSSR count). The van der Waals surface area contributed by atoms with Crippen LogP contribution < -0.4 is 0 Å². The number of unbranched alkanes of at least 4 members (excludes halogenated alkanes) is 3. The molecule has 0 aliphatic carbocycles. The SMILES string of the molecule is CCCCCCC(C)CCN1CCC(F)C1. The molecule has 16 heavy (non-hydrogen) atoms. The third kappa shape index (κ3) is 5.83. The van der Waals surface area contributed by atoms with Crippen LogP contribution in [0.5, 0.6) is 0 Å². The minimum Gasteiger partial charge on any atom is -0.300 e. The summed E-state index contributed by atoms with van der Waals surface area (Å²) in [6, 6.07) is 0. The van der Waals surface area contributed by atoms with E-state index in [0.717, 1.165) is 25.4 Å². The Morgan fingerprint density at radius 1 is 1.25 bits per heavy atom. The summed E-state index contributed by atoms with van der Waals surface area (Å²) in [4.78, 5) is 2.28. The van der Waals surface area contributed by atoms with Gasteiger partial charge in [0.1, 0.15) is 6.17 Å². The second kappa shape index (κ2) is 8.05. The molecule has 1 heterocycles. The lowest BCUT2D eigenvalue weighted by molar-refractivity contribution is 0.268. The predicted molar refractivity (Wildman–Crippen MR) is 68.5 cm³/mol. The molecular formula is C14H28FN. The molecule has 96 valence electrons. The van der Waals surface area contributed by atoms with Crippen LogP contribution in [0.15, 0.2) is 0 Å². The molecule has 0 aromatic heterocycles. The molecule has 0 N–H and O–H groups in total. The van der Waals surface area contributed by atoms with E-state index < -0.39 is 6.17 Å². The molecule has 1 aliphatic heterocycles. The number of nitrogens with zero attached hydrogens (tertiary/aromatic N) is 1. The summed E-state index contributed by atoms with van der Waals surface area (Å²) in [6.07, 6.45) is 8.26. The fourth-order valence-corrected chi connectivity index (χ4v) is 2.46. The molecule has 0 bridgehead atoms. The number of alkyl halides is 1. The van der Waals surface area contributed by atoms with Crippen molar-refractivity contribution in [1.82, 2.24) is 4.90 Å². The summed E-state index contributed by atoms with van der Waals surface area (Å²) in [5.74, 6) is 0.815. The van der Waals surface area contributed by atoms with Gasteiger partial charge in [0.05, 0.1) is 0 Å². The van der Waals surface area contributed by atoms with E-state index >= 15 is 0 Å². The summed E-state index contributed by atoms with van der Waals surface area (Å²) in [5, 5.41) is 0. The van der Waals surface area contributed by atoms with Crippen molar-refractivity contribution in [2.24, 2.45) is 5.92 Å². The molecule has 1 aliphatic rings. The minimum absolute atomic E-state index is 0.556. The van der Waals surface area contributed by atoms with Crippen LogP contribution >= 0.6 is 0 Å². The second-order valence-electron chi connectivity index (χ2n) is 5.43. The van der Waals surface area contributed by atoms with Gasteiger partial charge in [-0.3, -0.25) is 0 Å². The number of halogens is 1. The van der Waals surface area contributed by atoms with Gasteiger partial charge in [-0.25, -0.2) is 4.39 Å². The van der Waals surface area contributed by atoms with Crippen LogP contribution in [0, 0.1) is 5.92 Å². The zero-order chi connectivity index (χ0) is 11.8. The number of hydrogen-bond acceptors (Lipinski definition) is 1. The first-order valence-electron chi connectivity index (χ1n) is 7.08. The first-order valence-corrected chi connectivity index (χ1v) is 7.08. The predicted octanol–water partition coefficient (Wildman–Crippen LogP) is 4.03. The molecule has 2 heteroatoms. The van der Waals surface area contributed by atoms with E-state index in [0.29, 0.717) is 6.54 Å². The zero-order valence-corrected chi connectivity index (χ0v) is 11.1. The fraction of sp³-hybridized carbons (Fsp3) is 1.00. The van der Waals surface area contributed by atoms with Crippen molar-refractivity contribution >= 4 is 0 Å². The van der Waals surface area contributed by atoms with E-state index in [9.17, 15) is 4.39 Å². The van der Waals surface area contributed by atoms with Gasteiger partial charge >= 0.3 is 0 Å². The highest BCUT2D eigenvalue weighted by atomic mass is 19.1. The number of likely N-dealkylation sites (tertiary alicyclic amines) is 1. The summed E-state index contributed by atoms with van der Waals surface area (Å²) < 4.78 is 12.9. The lowest BCUT2D eigenvalue weighted by Crippen LogP contribution is -2.23. The van der Waals surface area contributed by atoms with Crippen LogP contribution in [0.2, 0.25) is 0 Å². The van der Waals surface area contributed by atoms with Gasteiger partial charge in [0.2, 0.25) is 0 Å². The molecule has 0 saturated carbocycles. The molecule has 1 fully saturated rings. The summed E-state index contributed by atoms with van der Waals surface area (Å²) in [6.45, 7) is 7.36. The van der Waals surface area contributed by atoms with E-state index in [1.807, 2.05) is 0 Å². The molecule has 1 nitrogen and oxygen atoms in total. The van der Waals surface area contributed by atoms with Gasteiger partial charge in [-0.05, 0) is 25.3 Å². The van der Waals surface area contributed by atoms with Crippen molar-refractivity contribution in [3.05, 3.63) is 0 Å². The maximum atomic E-state index is 12.9. The number of hydrogen-bond donors (Lipinski definition) is 0. The van der Waals surface area contributed by atoms with E-state index in [1.54, 1.807) is 0 Å². The Labute approximate surface area is 100 Å². The minimum atomic E-state index is -0.556. The maximum absolute atomic E-state index is 12.9. The molecule has 0 radical (unpaired) electrons. The van der Waals surface area contributed by atoms with Gasteiger partial charge in [-0.2, -0.15) is 0 Å². The Kier molecular flexibility index (Phi) is 7.02. The molecule has 0 aromatic carbocycles. The van der Waals surface area contributed by atoms with Crippen LogP contribution in [-0.2, 0) is 0 Å². The smallest absolute Gasteiger partial charge is 0.114 e. The average molecular weight is 229 g/mol. The van der Waals surface area contributed by atoms with Crippen LogP contribution in [0.4, 0.5) is 4.39 Å². The van der Waals surface area contributed by atoms with Gasteiger partial charge in [0.15, 0.2) is 0 Å². The van der Waals surface area contributed by atoms with Crippen LogP contribution in [-0.4, -0.2) is 30.7 Å². The van der Waals surface area contributed by atoms with E-state index in [1.165, 1.54) is 38.5 Å². The molecule has 0 aromatic rings. The lowest BCUT2D eigenvalue weighted by atomic mass is 9.99. The van der Waals surface area contributed by atoms with Crippen molar-refractivity contribution in [2.45, 2.75) is 65.0 Å². The van der Waals surface area contributed by atoms with Gasteiger partial charge in [-0.15, -0.1) is 0 Å². The average Bonchev–Trinajstić information content (AvgIpc) is 2.68. The Hall–Kier alpha value is -0.110. The third-order valence-corrected chi connectivity index (χ3v) is 3.70. The van der Waals surface area contributed by atoms with E-state index in [-0.39, 0.29) is 0 Å². The van der Waals surface area contributed by atoms with Gasteiger partial charge < -0.3 is 4.90 Å². The Bertz CT molecular complexity index is 172. The Morgan fingerprint density at radius 3 is 2.69 bits per heavy atom. The highest BCUT2D eigenvalue weighted by molar-refractivity contribution is 4.75. The largest absolute Gasteiger partial charge is 0.300 e. The van der Waals surface area contributed by atoms with Crippen LogP contribution in [0.1, 0.15) is 58.8 Å². The Morgan fingerprint density at radius 2 is 2.06 bits per heavy atom. The standard InChI is InChI=1S/C14H28FN/c1-3-4-5-6-7-13(2)8-10-16-11-9-14(15)12-16/h13-14H,3-12H2,1-2H3. The summed E-state index contributed by atoms with van der Waals surface area (Å²) in [7, 11) is 0. The fourth-order valence-electron chi connectivity index (χ4n) is 2.46. The van der Waals surface area contributed by atoms with Crippen LogP contribution in [0.25, 0.3) is 0 Å². The van der Waals surface area contributed by atoms with Gasteiger partial charge in [-0.1, -0.05) is 46.0 Å². The topological polar surface area (TPSA) is 3.24 Å². The van der Waals surface area contributed by atoms with Gasteiger partial charge in [0.25, 0.3) is 0 Å². The maximum Gasteiger partial charge on any atom is 0.114 e.